The number of nitrogens with zero attached hydrogens (tertiary/aromatic N) is 2. The maximum absolute atomic E-state index is 9.99. The molecule has 0 atom stereocenters. The Kier molecular flexibility index (Phi) is 2.27. The van der Waals surface area contributed by atoms with Gasteiger partial charge in [0.05, 0.1) is 12.9 Å². The van der Waals surface area contributed by atoms with Crippen LogP contribution in [0.3, 0.4) is 0 Å². The van der Waals surface area contributed by atoms with Crippen molar-refractivity contribution in [2.45, 2.75) is 13.0 Å². The molecular weight excluding hydrogens is 116 g/mol. The third-order valence-electron chi connectivity index (χ3n) is 1.12. The van der Waals surface area contributed by atoms with Crippen molar-refractivity contribution in [3.8, 4) is 0 Å². The molecule has 0 saturated carbocycles. The zero-order valence-electron chi connectivity index (χ0n) is 5.16. The Morgan fingerprint density at radius 3 is 3.00 bits per heavy atom. The summed E-state index contributed by atoms with van der Waals surface area (Å²) in [6.07, 6.45) is 5.98. The molecule has 1 radical (unpaired) electrons. The molecule has 1 aromatic heterocycles. The van der Waals surface area contributed by atoms with Gasteiger partial charge in [-0.25, -0.2) is 10.1 Å². The first-order valence-corrected chi connectivity index (χ1v) is 2.97. The monoisotopic (exact) mass is 125 g/mol. The predicted molar refractivity (Wildman–Crippen MR) is 32.4 cm³/mol. The molecule has 0 N–H and O–H groups in total. The van der Waals surface area contributed by atoms with Crippen LogP contribution in [0, 0.1) is 0 Å². The maximum atomic E-state index is 9.99. The second kappa shape index (κ2) is 3.25. The Balaban J connectivity index is 2.30. The van der Waals surface area contributed by atoms with Gasteiger partial charge in [0.2, 0.25) is 0 Å². The largest absolute Gasteiger partial charge is 0.337 e. The average molecular weight is 125 g/mol. The number of rotatable bonds is 3. The summed E-state index contributed by atoms with van der Waals surface area (Å²) in [6, 6.07) is 0. The minimum Gasteiger partial charge on any atom is -0.337 e. The van der Waals surface area contributed by atoms with Gasteiger partial charge in [0.15, 0.2) is 0 Å². The highest BCUT2D eigenvalue weighted by Gasteiger charge is 1.86. The SMILES string of the molecule is [O]CCCn1ccnc1. The molecule has 3 nitrogen and oxygen atoms in total. The smallest absolute Gasteiger partial charge is 0.0945 e. The Morgan fingerprint density at radius 2 is 2.44 bits per heavy atom. The molecule has 0 unspecified atom stereocenters. The van der Waals surface area contributed by atoms with Crippen molar-refractivity contribution in [3.05, 3.63) is 18.7 Å². The Bertz CT molecular complexity index is 148. The van der Waals surface area contributed by atoms with E-state index in [4.69, 9.17) is 0 Å². The van der Waals surface area contributed by atoms with Crippen molar-refractivity contribution in [3.63, 3.8) is 0 Å². The van der Waals surface area contributed by atoms with Gasteiger partial charge in [0.25, 0.3) is 0 Å². The fourth-order valence-corrected chi connectivity index (χ4v) is 0.666. The third-order valence-corrected chi connectivity index (χ3v) is 1.12. The van der Waals surface area contributed by atoms with Crippen LogP contribution in [0.4, 0.5) is 0 Å². The number of hydrogen-bond acceptors (Lipinski definition) is 1. The summed E-state index contributed by atoms with van der Waals surface area (Å²) in [5.74, 6) is 0. The van der Waals surface area contributed by atoms with Crippen LogP contribution in [-0.2, 0) is 11.7 Å². The van der Waals surface area contributed by atoms with E-state index in [1.807, 2.05) is 10.8 Å². The molecule has 0 aliphatic rings. The number of imidazole rings is 1. The van der Waals surface area contributed by atoms with Crippen LogP contribution < -0.4 is 0 Å². The van der Waals surface area contributed by atoms with Crippen LogP contribution in [0.15, 0.2) is 18.7 Å². The normalized spacial score (nSPS) is 9.89. The van der Waals surface area contributed by atoms with Crippen molar-refractivity contribution in [1.82, 2.24) is 9.55 Å². The lowest BCUT2D eigenvalue weighted by atomic mass is 10.4. The molecule has 0 amide bonds. The maximum Gasteiger partial charge on any atom is 0.0945 e. The average Bonchev–Trinajstić information content (AvgIpc) is 2.34. The lowest BCUT2D eigenvalue weighted by Gasteiger charge is -1.95. The van der Waals surface area contributed by atoms with Crippen molar-refractivity contribution >= 4 is 0 Å². The van der Waals surface area contributed by atoms with E-state index in [1.165, 1.54) is 0 Å². The minimum atomic E-state index is -0.00181. The van der Waals surface area contributed by atoms with E-state index in [0.717, 1.165) is 6.54 Å². The van der Waals surface area contributed by atoms with Gasteiger partial charge in [0, 0.05) is 18.9 Å². The fourth-order valence-electron chi connectivity index (χ4n) is 0.666. The van der Waals surface area contributed by atoms with E-state index in [2.05, 4.69) is 4.98 Å². The molecule has 0 aliphatic heterocycles. The fraction of sp³-hybridized carbons (Fsp3) is 0.500. The van der Waals surface area contributed by atoms with E-state index in [9.17, 15) is 5.11 Å². The Labute approximate surface area is 54.0 Å². The lowest BCUT2D eigenvalue weighted by Crippen LogP contribution is -1.95. The van der Waals surface area contributed by atoms with Crippen LogP contribution in [0.25, 0.3) is 0 Å². The highest BCUT2D eigenvalue weighted by Crippen LogP contribution is 1.88. The van der Waals surface area contributed by atoms with E-state index < -0.39 is 0 Å². The van der Waals surface area contributed by atoms with Gasteiger partial charge in [-0.15, -0.1) is 0 Å². The Morgan fingerprint density at radius 1 is 1.56 bits per heavy atom. The molecule has 0 bridgehead atoms. The molecule has 3 heteroatoms. The van der Waals surface area contributed by atoms with Gasteiger partial charge in [0.1, 0.15) is 0 Å². The van der Waals surface area contributed by atoms with Crippen LogP contribution >= 0.6 is 0 Å². The highest BCUT2D eigenvalue weighted by atomic mass is 16.3. The zero-order valence-corrected chi connectivity index (χ0v) is 5.16. The van der Waals surface area contributed by atoms with Gasteiger partial charge in [-0.2, -0.15) is 0 Å². The molecule has 0 aliphatic carbocycles. The zero-order chi connectivity index (χ0) is 6.53. The van der Waals surface area contributed by atoms with Crippen LogP contribution in [-0.4, -0.2) is 16.2 Å². The van der Waals surface area contributed by atoms with Crippen molar-refractivity contribution < 1.29 is 5.11 Å². The van der Waals surface area contributed by atoms with E-state index in [1.54, 1.807) is 12.5 Å². The summed E-state index contributed by atoms with van der Waals surface area (Å²) < 4.78 is 1.90. The van der Waals surface area contributed by atoms with E-state index in [0.29, 0.717) is 6.42 Å². The van der Waals surface area contributed by atoms with Crippen LogP contribution in [0.5, 0.6) is 0 Å². The van der Waals surface area contributed by atoms with Crippen molar-refractivity contribution in [2.24, 2.45) is 0 Å². The Hall–Kier alpha value is -0.830. The highest BCUT2D eigenvalue weighted by molar-refractivity contribution is 4.73. The third kappa shape index (κ3) is 1.85. The molecule has 1 rings (SSSR count). The molecule has 1 heterocycles. The molecule has 0 aromatic carbocycles. The second-order valence-corrected chi connectivity index (χ2v) is 1.86. The summed E-state index contributed by atoms with van der Waals surface area (Å²) in [5, 5.41) is 9.99. The van der Waals surface area contributed by atoms with Crippen molar-refractivity contribution in [1.29, 1.82) is 0 Å². The first kappa shape index (κ1) is 6.29. The summed E-state index contributed by atoms with van der Waals surface area (Å²) >= 11 is 0. The van der Waals surface area contributed by atoms with Gasteiger partial charge >= 0.3 is 0 Å². The topological polar surface area (TPSA) is 37.7 Å². The van der Waals surface area contributed by atoms with E-state index in [-0.39, 0.29) is 6.61 Å². The molecular formula is C6H9N2O. The van der Waals surface area contributed by atoms with Crippen LogP contribution in [0.1, 0.15) is 6.42 Å². The second-order valence-electron chi connectivity index (χ2n) is 1.86. The first-order valence-electron chi connectivity index (χ1n) is 2.97. The predicted octanol–water partition coefficient (Wildman–Crippen LogP) is 0.704. The molecule has 0 spiro atoms. The molecule has 0 fully saturated rings. The van der Waals surface area contributed by atoms with Crippen LogP contribution in [0.2, 0.25) is 0 Å². The van der Waals surface area contributed by atoms with Gasteiger partial charge in [-0.05, 0) is 6.42 Å². The molecule has 49 valence electrons. The number of hydrogen-bond donors (Lipinski definition) is 0. The lowest BCUT2D eigenvalue weighted by molar-refractivity contribution is 0.184. The summed E-state index contributed by atoms with van der Waals surface area (Å²) in [5.41, 5.74) is 0. The standard InChI is InChI=1S/C6H9N2O/c9-5-1-3-8-4-2-7-6-8/h2,4,6H,1,3,5H2. The summed E-state index contributed by atoms with van der Waals surface area (Å²) in [4.78, 5) is 3.84. The van der Waals surface area contributed by atoms with E-state index >= 15 is 0 Å². The summed E-state index contributed by atoms with van der Waals surface area (Å²) in [7, 11) is 0. The molecule has 1 aromatic rings. The van der Waals surface area contributed by atoms with Gasteiger partial charge in [-0.3, -0.25) is 0 Å². The molecule has 9 heavy (non-hydrogen) atoms. The number of aryl methyl sites for hydroxylation is 1. The molecule has 0 saturated heterocycles. The first-order chi connectivity index (χ1) is 4.43. The van der Waals surface area contributed by atoms with Gasteiger partial charge < -0.3 is 4.57 Å². The van der Waals surface area contributed by atoms with Crippen molar-refractivity contribution in [2.75, 3.05) is 6.61 Å². The minimum absolute atomic E-state index is 0.00181. The number of aromatic nitrogens is 2. The van der Waals surface area contributed by atoms with Gasteiger partial charge in [-0.1, -0.05) is 0 Å². The summed E-state index contributed by atoms with van der Waals surface area (Å²) in [6.45, 7) is 0.793. The quantitative estimate of drug-likeness (QED) is 0.586.